The average molecular weight is 173 g/mol. The number of methoxy groups -OCH3 is 1. The molecule has 0 aliphatic heterocycles. The number of carbonyl (C=O) groups excluding carboxylic acids is 1. The summed E-state index contributed by atoms with van der Waals surface area (Å²) in [5.41, 5.74) is -0.413. The molecule has 0 radical (unpaired) electrons. The van der Waals surface area contributed by atoms with E-state index in [1.165, 1.54) is 0 Å². The molecule has 0 fully saturated rings. The number of hydrogen-bond donors (Lipinski definition) is 1. The van der Waals surface area contributed by atoms with E-state index >= 15 is 0 Å². The molecular weight excluding hydrogens is 154 g/mol. The summed E-state index contributed by atoms with van der Waals surface area (Å²) in [6.07, 6.45) is 0.967. The maximum absolute atomic E-state index is 11.4. The van der Waals surface area contributed by atoms with E-state index in [1.807, 2.05) is 20.8 Å². The molecule has 0 aromatic rings. The predicted molar refractivity (Wildman–Crippen MR) is 49.0 cm³/mol. The molecule has 1 amide bonds. The van der Waals surface area contributed by atoms with Crippen molar-refractivity contribution in [3.05, 3.63) is 0 Å². The van der Waals surface area contributed by atoms with Gasteiger partial charge in [-0.3, -0.25) is 4.79 Å². The largest absolute Gasteiger partial charge is 0.384 e. The van der Waals surface area contributed by atoms with E-state index in [0.717, 1.165) is 13.0 Å². The van der Waals surface area contributed by atoms with Crippen LogP contribution in [0.15, 0.2) is 0 Å². The van der Waals surface area contributed by atoms with Gasteiger partial charge < -0.3 is 10.1 Å². The molecule has 0 saturated heterocycles. The predicted octanol–water partition coefficient (Wildman–Crippen LogP) is 1.19. The van der Waals surface area contributed by atoms with Gasteiger partial charge in [-0.05, 0) is 20.3 Å². The third-order valence-electron chi connectivity index (χ3n) is 1.66. The molecule has 0 atom stereocenters. The molecule has 0 aliphatic rings. The van der Waals surface area contributed by atoms with E-state index in [2.05, 4.69) is 5.32 Å². The van der Waals surface area contributed by atoms with Gasteiger partial charge in [-0.15, -0.1) is 0 Å². The lowest BCUT2D eigenvalue weighted by Gasteiger charge is -2.22. The van der Waals surface area contributed by atoms with Crippen molar-refractivity contribution in [2.24, 2.45) is 5.41 Å². The van der Waals surface area contributed by atoms with Gasteiger partial charge in [-0.25, -0.2) is 0 Å². The van der Waals surface area contributed by atoms with Gasteiger partial charge >= 0.3 is 0 Å². The van der Waals surface area contributed by atoms with Crippen molar-refractivity contribution < 1.29 is 9.53 Å². The molecule has 0 heterocycles. The highest BCUT2D eigenvalue weighted by Gasteiger charge is 2.26. The summed E-state index contributed by atoms with van der Waals surface area (Å²) >= 11 is 0. The molecular formula is C9H19NO2. The lowest BCUT2D eigenvalue weighted by molar-refractivity contribution is -0.131. The Morgan fingerprint density at radius 3 is 2.50 bits per heavy atom. The van der Waals surface area contributed by atoms with Crippen molar-refractivity contribution in [2.75, 3.05) is 20.3 Å². The van der Waals surface area contributed by atoms with Crippen LogP contribution in [0.3, 0.4) is 0 Å². The Balaban J connectivity index is 3.88. The van der Waals surface area contributed by atoms with Crippen LogP contribution in [-0.2, 0) is 9.53 Å². The van der Waals surface area contributed by atoms with Crippen LogP contribution in [0.2, 0.25) is 0 Å². The van der Waals surface area contributed by atoms with Crippen molar-refractivity contribution in [3.63, 3.8) is 0 Å². The summed E-state index contributed by atoms with van der Waals surface area (Å²) in [6.45, 7) is 6.99. The maximum Gasteiger partial charge on any atom is 0.227 e. The zero-order chi connectivity index (χ0) is 9.61. The van der Waals surface area contributed by atoms with Crippen molar-refractivity contribution >= 4 is 5.91 Å². The molecule has 0 aromatic heterocycles. The summed E-state index contributed by atoms with van der Waals surface area (Å²) < 4.78 is 4.95. The summed E-state index contributed by atoms with van der Waals surface area (Å²) in [5.74, 6) is 0.0613. The smallest absolute Gasteiger partial charge is 0.227 e. The second-order valence-corrected chi connectivity index (χ2v) is 3.57. The third-order valence-corrected chi connectivity index (χ3v) is 1.66. The molecule has 12 heavy (non-hydrogen) atoms. The first-order chi connectivity index (χ1) is 5.54. The van der Waals surface area contributed by atoms with Gasteiger partial charge in [0.1, 0.15) is 0 Å². The molecule has 0 aliphatic carbocycles. The van der Waals surface area contributed by atoms with Crippen LogP contribution in [0.5, 0.6) is 0 Å². The Morgan fingerprint density at radius 2 is 2.08 bits per heavy atom. The van der Waals surface area contributed by atoms with Gasteiger partial charge in [0, 0.05) is 13.7 Å². The van der Waals surface area contributed by atoms with Gasteiger partial charge in [-0.2, -0.15) is 0 Å². The Morgan fingerprint density at radius 1 is 1.50 bits per heavy atom. The van der Waals surface area contributed by atoms with Gasteiger partial charge in [0.25, 0.3) is 0 Å². The highest BCUT2D eigenvalue weighted by Crippen LogP contribution is 2.14. The molecule has 0 unspecified atom stereocenters. The van der Waals surface area contributed by atoms with Gasteiger partial charge in [0.05, 0.1) is 12.0 Å². The number of nitrogens with one attached hydrogen (secondary N) is 1. The molecule has 3 nitrogen and oxygen atoms in total. The first kappa shape index (κ1) is 11.4. The average Bonchev–Trinajstić information content (AvgIpc) is 2.00. The molecule has 1 N–H and O–H groups in total. The maximum atomic E-state index is 11.4. The van der Waals surface area contributed by atoms with E-state index < -0.39 is 5.41 Å². The second-order valence-electron chi connectivity index (χ2n) is 3.57. The molecule has 0 aromatic carbocycles. The van der Waals surface area contributed by atoms with Crippen molar-refractivity contribution in [3.8, 4) is 0 Å². The summed E-state index contributed by atoms with van der Waals surface area (Å²) in [4.78, 5) is 11.4. The van der Waals surface area contributed by atoms with Gasteiger partial charge in [0.2, 0.25) is 5.91 Å². The molecule has 0 saturated carbocycles. The SMILES string of the molecule is CCCNC(=O)C(C)(C)COC. The monoisotopic (exact) mass is 173 g/mol. The van der Waals surface area contributed by atoms with Crippen LogP contribution in [0, 0.1) is 5.41 Å². The standard InChI is InChI=1S/C9H19NO2/c1-5-6-10-8(11)9(2,3)7-12-4/h5-7H2,1-4H3,(H,10,11). The van der Waals surface area contributed by atoms with Crippen LogP contribution in [0.1, 0.15) is 27.2 Å². The Kier molecular flexibility index (Phi) is 4.90. The number of amides is 1. The summed E-state index contributed by atoms with van der Waals surface area (Å²) in [5, 5.41) is 2.84. The highest BCUT2D eigenvalue weighted by atomic mass is 16.5. The van der Waals surface area contributed by atoms with Crippen LogP contribution >= 0.6 is 0 Å². The first-order valence-corrected chi connectivity index (χ1v) is 4.32. The zero-order valence-corrected chi connectivity index (χ0v) is 8.44. The van der Waals surface area contributed by atoms with E-state index in [0.29, 0.717) is 6.61 Å². The molecule has 0 spiro atoms. The number of ether oxygens (including phenoxy) is 1. The Bertz CT molecular complexity index is 143. The molecule has 3 heteroatoms. The fourth-order valence-electron chi connectivity index (χ4n) is 0.904. The number of carbonyl (C=O) groups is 1. The van der Waals surface area contributed by atoms with Gasteiger partial charge in [-0.1, -0.05) is 6.92 Å². The fourth-order valence-corrected chi connectivity index (χ4v) is 0.904. The minimum Gasteiger partial charge on any atom is -0.384 e. The molecule has 72 valence electrons. The zero-order valence-electron chi connectivity index (χ0n) is 8.44. The summed E-state index contributed by atoms with van der Waals surface area (Å²) in [7, 11) is 1.61. The Labute approximate surface area is 74.5 Å². The van der Waals surface area contributed by atoms with Crippen molar-refractivity contribution in [1.82, 2.24) is 5.32 Å². The normalized spacial score (nSPS) is 11.3. The third kappa shape index (κ3) is 3.72. The van der Waals surface area contributed by atoms with Crippen molar-refractivity contribution in [2.45, 2.75) is 27.2 Å². The van der Waals surface area contributed by atoms with Crippen molar-refractivity contribution in [1.29, 1.82) is 0 Å². The molecule has 0 bridgehead atoms. The minimum absolute atomic E-state index is 0.0613. The van der Waals surface area contributed by atoms with Crippen LogP contribution in [0.4, 0.5) is 0 Å². The minimum atomic E-state index is -0.413. The van der Waals surface area contributed by atoms with E-state index in [-0.39, 0.29) is 5.91 Å². The molecule has 0 rings (SSSR count). The van der Waals surface area contributed by atoms with E-state index in [9.17, 15) is 4.79 Å². The Hall–Kier alpha value is -0.570. The van der Waals surface area contributed by atoms with E-state index in [1.54, 1.807) is 7.11 Å². The lowest BCUT2D eigenvalue weighted by atomic mass is 9.93. The first-order valence-electron chi connectivity index (χ1n) is 4.32. The lowest BCUT2D eigenvalue weighted by Crippen LogP contribution is -2.40. The fraction of sp³-hybridized carbons (Fsp3) is 0.889. The number of rotatable bonds is 5. The highest BCUT2D eigenvalue weighted by molar-refractivity contribution is 5.81. The second kappa shape index (κ2) is 5.14. The van der Waals surface area contributed by atoms with Crippen LogP contribution in [-0.4, -0.2) is 26.2 Å². The van der Waals surface area contributed by atoms with E-state index in [4.69, 9.17) is 4.74 Å². The van der Waals surface area contributed by atoms with Crippen LogP contribution < -0.4 is 5.32 Å². The summed E-state index contributed by atoms with van der Waals surface area (Å²) in [6, 6.07) is 0. The quantitative estimate of drug-likeness (QED) is 0.678. The number of hydrogen-bond acceptors (Lipinski definition) is 2. The van der Waals surface area contributed by atoms with Crippen LogP contribution in [0.25, 0.3) is 0 Å². The topological polar surface area (TPSA) is 38.3 Å². The van der Waals surface area contributed by atoms with Gasteiger partial charge in [0.15, 0.2) is 0 Å².